The molecule has 0 saturated carbocycles. The van der Waals surface area contributed by atoms with Crippen molar-refractivity contribution in [3.8, 4) is 0 Å². The molecule has 0 bridgehead atoms. The van der Waals surface area contributed by atoms with Gasteiger partial charge in [-0.05, 0) is 43.9 Å². The van der Waals surface area contributed by atoms with Gasteiger partial charge in [0.25, 0.3) is 5.91 Å². The molecular formula is C22H25ClN4OS. The van der Waals surface area contributed by atoms with Crippen molar-refractivity contribution in [2.24, 2.45) is 0 Å². The number of rotatable bonds is 7. The lowest BCUT2D eigenvalue weighted by atomic mass is 9.91. The van der Waals surface area contributed by atoms with Crippen LogP contribution in [0.15, 0.2) is 42.5 Å². The van der Waals surface area contributed by atoms with Crippen LogP contribution in [-0.2, 0) is 25.9 Å². The smallest absolute Gasteiger partial charge is 0.272 e. The van der Waals surface area contributed by atoms with Crippen LogP contribution < -0.4 is 10.6 Å². The fourth-order valence-electron chi connectivity index (χ4n) is 3.87. The summed E-state index contributed by atoms with van der Waals surface area (Å²) in [5, 5.41) is 11.3. The van der Waals surface area contributed by atoms with E-state index in [1.165, 1.54) is 16.1 Å². The number of carbonyl (C=O) groups is 1. The van der Waals surface area contributed by atoms with Crippen LogP contribution in [0.1, 0.15) is 45.5 Å². The SMILES string of the molecule is CCNC(=O)c1nn(Cc2ccccc2)c2c1CC(NCc1ccc(Cl)s1)CC2. The third-order valence-electron chi connectivity index (χ3n) is 5.27. The average Bonchev–Trinajstić information content (AvgIpc) is 3.31. The van der Waals surface area contributed by atoms with Gasteiger partial charge in [-0.15, -0.1) is 11.3 Å². The molecule has 1 aliphatic carbocycles. The Morgan fingerprint density at radius 2 is 2.10 bits per heavy atom. The van der Waals surface area contributed by atoms with Gasteiger partial charge in [-0.1, -0.05) is 41.9 Å². The van der Waals surface area contributed by atoms with Gasteiger partial charge in [-0.25, -0.2) is 0 Å². The number of nitrogens with one attached hydrogen (secondary N) is 2. The minimum Gasteiger partial charge on any atom is -0.351 e. The van der Waals surface area contributed by atoms with Crippen molar-refractivity contribution >= 4 is 28.8 Å². The quantitative estimate of drug-likeness (QED) is 0.597. The molecule has 2 N–H and O–H groups in total. The molecule has 1 aliphatic rings. The topological polar surface area (TPSA) is 59.0 Å². The summed E-state index contributed by atoms with van der Waals surface area (Å²) >= 11 is 7.64. The molecule has 0 radical (unpaired) electrons. The highest BCUT2D eigenvalue weighted by molar-refractivity contribution is 7.16. The summed E-state index contributed by atoms with van der Waals surface area (Å²) in [4.78, 5) is 13.9. The number of hydrogen-bond donors (Lipinski definition) is 2. The van der Waals surface area contributed by atoms with Gasteiger partial charge in [0.2, 0.25) is 0 Å². The van der Waals surface area contributed by atoms with Gasteiger partial charge < -0.3 is 10.6 Å². The Labute approximate surface area is 180 Å². The Morgan fingerprint density at radius 1 is 1.28 bits per heavy atom. The molecule has 152 valence electrons. The van der Waals surface area contributed by atoms with Crippen molar-refractivity contribution in [3.05, 3.63) is 74.2 Å². The molecule has 0 spiro atoms. The van der Waals surface area contributed by atoms with E-state index in [0.717, 1.165) is 35.7 Å². The van der Waals surface area contributed by atoms with Crippen molar-refractivity contribution < 1.29 is 4.79 Å². The van der Waals surface area contributed by atoms with Crippen molar-refractivity contribution in [2.75, 3.05) is 6.54 Å². The molecule has 0 saturated heterocycles. The molecule has 1 aromatic carbocycles. The van der Waals surface area contributed by atoms with Crippen molar-refractivity contribution in [2.45, 2.75) is 45.3 Å². The van der Waals surface area contributed by atoms with Crippen LogP contribution in [-0.4, -0.2) is 28.3 Å². The van der Waals surface area contributed by atoms with E-state index in [4.69, 9.17) is 16.7 Å². The lowest BCUT2D eigenvalue weighted by molar-refractivity contribution is 0.0949. The fourth-order valence-corrected chi connectivity index (χ4v) is 4.91. The molecular weight excluding hydrogens is 404 g/mol. The van der Waals surface area contributed by atoms with Crippen LogP contribution in [0.25, 0.3) is 0 Å². The van der Waals surface area contributed by atoms with E-state index in [0.29, 0.717) is 24.8 Å². The maximum atomic E-state index is 12.7. The van der Waals surface area contributed by atoms with Gasteiger partial charge in [0.15, 0.2) is 5.69 Å². The van der Waals surface area contributed by atoms with E-state index in [-0.39, 0.29) is 5.91 Å². The summed E-state index contributed by atoms with van der Waals surface area (Å²) in [6, 6.07) is 14.6. The van der Waals surface area contributed by atoms with E-state index in [2.05, 4.69) is 28.8 Å². The summed E-state index contributed by atoms with van der Waals surface area (Å²) in [6.07, 6.45) is 2.76. The summed E-state index contributed by atoms with van der Waals surface area (Å²) in [6.45, 7) is 4.02. The zero-order valence-corrected chi connectivity index (χ0v) is 18.0. The Kier molecular flexibility index (Phi) is 6.33. The Balaban J connectivity index is 1.54. The summed E-state index contributed by atoms with van der Waals surface area (Å²) in [5.74, 6) is -0.0822. The number of amides is 1. The number of halogens is 1. The molecule has 7 heteroatoms. The molecule has 2 aromatic heterocycles. The minimum atomic E-state index is -0.0822. The second-order valence-corrected chi connectivity index (χ2v) is 9.10. The summed E-state index contributed by atoms with van der Waals surface area (Å²) in [5.41, 5.74) is 4.03. The van der Waals surface area contributed by atoms with E-state index < -0.39 is 0 Å². The number of carbonyl (C=O) groups excluding carboxylic acids is 1. The van der Waals surface area contributed by atoms with Gasteiger partial charge in [0.1, 0.15) is 0 Å². The average molecular weight is 429 g/mol. The third kappa shape index (κ3) is 4.71. The Hall–Kier alpha value is -2.15. The number of nitrogens with zero attached hydrogens (tertiary/aromatic N) is 2. The first-order valence-corrected chi connectivity index (χ1v) is 11.2. The number of aromatic nitrogens is 2. The minimum absolute atomic E-state index is 0.0822. The number of hydrogen-bond acceptors (Lipinski definition) is 4. The molecule has 2 heterocycles. The van der Waals surface area contributed by atoms with E-state index in [9.17, 15) is 4.79 Å². The number of fused-ring (bicyclic) bond motifs is 1. The first-order valence-electron chi connectivity index (χ1n) is 10.0. The lowest BCUT2D eigenvalue weighted by Crippen LogP contribution is -2.35. The maximum absolute atomic E-state index is 12.7. The normalized spacial score (nSPS) is 15.9. The van der Waals surface area contributed by atoms with Crippen LogP contribution in [0, 0.1) is 0 Å². The fraction of sp³-hybridized carbons (Fsp3) is 0.364. The van der Waals surface area contributed by atoms with Crippen LogP contribution in [0.4, 0.5) is 0 Å². The molecule has 1 atom stereocenters. The molecule has 29 heavy (non-hydrogen) atoms. The van der Waals surface area contributed by atoms with Crippen LogP contribution in [0.5, 0.6) is 0 Å². The van der Waals surface area contributed by atoms with E-state index in [1.807, 2.05) is 35.9 Å². The molecule has 5 nitrogen and oxygen atoms in total. The Bertz CT molecular complexity index is 982. The molecule has 1 amide bonds. The van der Waals surface area contributed by atoms with Crippen molar-refractivity contribution in [3.63, 3.8) is 0 Å². The summed E-state index contributed by atoms with van der Waals surface area (Å²) in [7, 11) is 0. The van der Waals surface area contributed by atoms with Gasteiger partial charge in [0, 0.05) is 35.3 Å². The third-order valence-corrected chi connectivity index (χ3v) is 6.50. The molecule has 1 unspecified atom stereocenters. The first-order chi connectivity index (χ1) is 14.1. The zero-order valence-electron chi connectivity index (χ0n) is 16.5. The van der Waals surface area contributed by atoms with Gasteiger partial charge in [-0.2, -0.15) is 5.10 Å². The number of thiophene rings is 1. The monoisotopic (exact) mass is 428 g/mol. The highest BCUT2D eigenvalue weighted by atomic mass is 35.5. The van der Waals surface area contributed by atoms with Crippen LogP contribution >= 0.6 is 22.9 Å². The van der Waals surface area contributed by atoms with Gasteiger partial charge in [0.05, 0.1) is 10.9 Å². The lowest BCUT2D eigenvalue weighted by Gasteiger charge is -2.24. The highest BCUT2D eigenvalue weighted by Crippen LogP contribution is 2.27. The molecule has 4 rings (SSSR count). The maximum Gasteiger partial charge on any atom is 0.272 e. The number of benzene rings is 1. The largest absolute Gasteiger partial charge is 0.351 e. The molecule has 3 aromatic rings. The standard InChI is InChI=1S/C22H25ClN4OS/c1-2-24-22(28)21-18-12-16(25-13-17-9-11-20(23)29-17)8-10-19(18)27(26-21)14-15-6-4-3-5-7-15/h3-7,9,11,16,25H,2,8,10,12-14H2,1H3,(H,24,28). The van der Waals surface area contributed by atoms with Crippen LogP contribution in [0.3, 0.4) is 0 Å². The first kappa shape index (κ1) is 20.1. The molecule has 0 aliphatic heterocycles. The Morgan fingerprint density at radius 3 is 2.83 bits per heavy atom. The zero-order chi connectivity index (χ0) is 20.2. The highest BCUT2D eigenvalue weighted by Gasteiger charge is 2.29. The van der Waals surface area contributed by atoms with Crippen LogP contribution in [0.2, 0.25) is 4.34 Å². The second kappa shape index (κ2) is 9.11. The molecule has 0 fully saturated rings. The van der Waals surface area contributed by atoms with Gasteiger partial charge in [-0.3, -0.25) is 9.48 Å². The second-order valence-electron chi connectivity index (χ2n) is 7.30. The summed E-state index contributed by atoms with van der Waals surface area (Å²) < 4.78 is 2.83. The van der Waals surface area contributed by atoms with Crippen molar-refractivity contribution in [1.82, 2.24) is 20.4 Å². The van der Waals surface area contributed by atoms with E-state index >= 15 is 0 Å². The predicted molar refractivity (Wildman–Crippen MR) is 118 cm³/mol. The van der Waals surface area contributed by atoms with E-state index in [1.54, 1.807) is 11.3 Å². The predicted octanol–water partition coefficient (Wildman–Crippen LogP) is 4.04. The van der Waals surface area contributed by atoms with Gasteiger partial charge >= 0.3 is 0 Å². The van der Waals surface area contributed by atoms with Crippen molar-refractivity contribution in [1.29, 1.82) is 0 Å².